The fraction of sp³-hybridized carbons (Fsp3) is 0.611. The third kappa shape index (κ3) is 8.51. The Kier molecular flexibility index (Phi) is 9.55. The van der Waals surface area contributed by atoms with Gasteiger partial charge in [0.05, 0.1) is 0 Å². The molecule has 0 bridgehead atoms. The van der Waals surface area contributed by atoms with Gasteiger partial charge in [-0.2, -0.15) is 0 Å². The number of benzene rings is 1. The van der Waals surface area contributed by atoms with Crippen LogP contribution < -0.4 is 5.32 Å². The van der Waals surface area contributed by atoms with Gasteiger partial charge in [-0.05, 0) is 44.5 Å². The Balaban J connectivity index is 1.98. The smallest absolute Gasteiger partial charge is 0.220 e. The molecule has 0 aliphatic carbocycles. The zero-order valence-corrected chi connectivity index (χ0v) is 13.6. The number of carbonyl (C=O) groups is 1. The third-order valence-electron chi connectivity index (χ3n) is 3.85. The van der Waals surface area contributed by atoms with Crippen molar-refractivity contribution in [1.82, 2.24) is 10.2 Å². The van der Waals surface area contributed by atoms with Crippen LogP contribution in [-0.4, -0.2) is 37.0 Å². The lowest BCUT2D eigenvalue weighted by atomic mass is 10.1. The molecule has 0 aromatic heterocycles. The molecule has 0 aliphatic rings. The lowest BCUT2D eigenvalue weighted by Crippen LogP contribution is -2.26. The molecular weight excluding hydrogens is 260 g/mol. The first-order chi connectivity index (χ1) is 10.3. The molecule has 1 aromatic carbocycles. The first kappa shape index (κ1) is 17.7. The van der Waals surface area contributed by atoms with Crippen molar-refractivity contribution in [2.24, 2.45) is 0 Å². The molecule has 1 N–H and O–H groups in total. The van der Waals surface area contributed by atoms with Gasteiger partial charge in [0, 0.05) is 13.0 Å². The summed E-state index contributed by atoms with van der Waals surface area (Å²) in [5.74, 6) is 0.169. The monoisotopic (exact) mass is 290 g/mol. The highest BCUT2D eigenvalue weighted by molar-refractivity contribution is 5.76. The van der Waals surface area contributed by atoms with Crippen LogP contribution in [0.4, 0.5) is 0 Å². The van der Waals surface area contributed by atoms with E-state index in [1.54, 1.807) is 0 Å². The van der Waals surface area contributed by atoms with Gasteiger partial charge >= 0.3 is 0 Å². The quantitative estimate of drug-likeness (QED) is 0.635. The minimum absolute atomic E-state index is 0.169. The summed E-state index contributed by atoms with van der Waals surface area (Å²) >= 11 is 0. The average Bonchev–Trinajstić information content (AvgIpc) is 2.53. The summed E-state index contributed by atoms with van der Waals surface area (Å²) in [7, 11) is 0. The molecule has 3 heteroatoms. The van der Waals surface area contributed by atoms with E-state index in [9.17, 15) is 4.79 Å². The van der Waals surface area contributed by atoms with E-state index in [4.69, 9.17) is 0 Å². The number of carbonyl (C=O) groups excluding carboxylic acids is 1. The van der Waals surface area contributed by atoms with Crippen molar-refractivity contribution >= 4 is 5.91 Å². The highest BCUT2D eigenvalue weighted by Gasteiger charge is 2.02. The van der Waals surface area contributed by atoms with Gasteiger partial charge in [-0.25, -0.2) is 0 Å². The number of nitrogens with zero attached hydrogens (tertiary/aromatic N) is 1. The van der Waals surface area contributed by atoms with Crippen LogP contribution in [0.15, 0.2) is 30.3 Å². The van der Waals surface area contributed by atoms with E-state index in [1.165, 1.54) is 24.9 Å². The molecule has 0 unspecified atom stereocenters. The largest absolute Gasteiger partial charge is 0.356 e. The molecule has 0 fully saturated rings. The minimum Gasteiger partial charge on any atom is -0.356 e. The van der Waals surface area contributed by atoms with E-state index in [0.717, 1.165) is 32.5 Å². The molecular formula is C18H30N2O. The SMILES string of the molecule is CCN(CC)CCCCCNC(=O)CCc1ccccc1. The molecule has 0 spiro atoms. The van der Waals surface area contributed by atoms with Gasteiger partial charge in [-0.1, -0.05) is 50.6 Å². The zero-order valence-electron chi connectivity index (χ0n) is 13.6. The molecule has 0 radical (unpaired) electrons. The average molecular weight is 290 g/mol. The number of unbranched alkanes of at least 4 members (excludes halogenated alkanes) is 2. The second-order valence-electron chi connectivity index (χ2n) is 5.42. The first-order valence-electron chi connectivity index (χ1n) is 8.29. The molecule has 0 saturated heterocycles. The van der Waals surface area contributed by atoms with Gasteiger partial charge in [0.1, 0.15) is 0 Å². The van der Waals surface area contributed by atoms with Crippen LogP contribution in [0.25, 0.3) is 0 Å². The Bertz CT molecular complexity index is 374. The van der Waals surface area contributed by atoms with Gasteiger partial charge in [0.2, 0.25) is 5.91 Å². The Hall–Kier alpha value is -1.35. The Morgan fingerprint density at radius 3 is 2.43 bits per heavy atom. The molecule has 1 aromatic rings. The van der Waals surface area contributed by atoms with E-state index in [1.807, 2.05) is 18.2 Å². The number of nitrogens with one attached hydrogen (secondary N) is 1. The highest BCUT2D eigenvalue weighted by atomic mass is 16.1. The van der Waals surface area contributed by atoms with Crippen molar-refractivity contribution in [2.75, 3.05) is 26.2 Å². The fourth-order valence-corrected chi connectivity index (χ4v) is 2.40. The lowest BCUT2D eigenvalue weighted by molar-refractivity contribution is -0.121. The van der Waals surface area contributed by atoms with Crippen molar-refractivity contribution in [1.29, 1.82) is 0 Å². The van der Waals surface area contributed by atoms with Crippen molar-refractivity contribution < 1.29 is 4.79 Å². The number of amides is 1. The summed E-state index contributed by atoms with van der Waals surface area (Å²) in [4.78, 5) is 14.2. The molecule has 0 aliphatic heterocycles. The maximum absolute atomic E-state index is 11.7. The zero-order chi connectivity index (χ0) is 15.3. The van der Waals surface area contributed by atoms with Crippen LogP contribution >= 0.6 is 0 Å². The second kappa shape index (κ2) is 11.3. The Morgan fingerprint density at radius 1 is 1.05 bits per heavy atom. The van der Waals surface area contributed by atoms with E-state index in [-0.39, 0.29) is 5.91 Å². The van der Waals surface area contributed by atoms with Crippen molar-refractivity contribution in [3.63, 3.8) is 0 Å². The summed E-state index contributed by atoms with van der Waals surface area (Å²) < 4.78 is 0. The number of hydrogen-bond donors (Lipinski definition) is 1. The predicted molar refractivity (Wildman–Crippen MR) is 89.4 cm³/mol. The third-order valence-corrected chi connectivity index (χ3v) is 3.85. The summed E-state index contributed by atoms with van der Waals surface area (Å²) in [5, 5.41) is 3.02. The summed E-state index contributed by atoms with van der Waals surface area (Å²) in [6, 6.07) is 10.2. The molecule has 0 atom stereocenters. The first-order valence-corrected chi connectivity index (χ1v) is 8.29. The Labute approximate surface area is 129 Å². The normalized spacial score (nSPS) is 10.8. The lowest BCUT2D eigenvalue weighted by Gasteiger charge is -2.17. The number of aryl methyl sites for hydroxylation is 1. The maximum atomic E-state index is 11.7. The summed E-state index contributed by atoms with van der Waals surface area (Å²) in [6.07, 6.45) is 4.91. The molecule has 1 rings (SSSR count). The second-order valence-corrected chi connectivity index (χ2v) is 5.42. The fourth-order valence-electron chi connectivity index (χ4n) is 2.40. The molecule has 0 heterocycles. The highest BCUT2D eigenvalue weighted by Crippen LogP contribution is 2.02. The standard InChI is InChI=1S/C18H30N2O/c1-3-20(4-2)16-10-6-9-15-19-18(21)14-13-17-11-7-5-8-12-17/h5,7-8,11-12H,3-4,6,9-10,13-16H2,1-2H3,(H,19,21). The van der Waals surface area contributed by atoms with Crippen molar-refractivity contribution in [2.45, 2.75) is 46.0 Å². The van der Waals surface area contributed by atoms with Gasteiger partial charge < -0.3 is 10.2 Å². The Morgan fingerprint density at radius 2 is 1.76 bits per heavy atom. The van der Waals surface area contributed by atoms with Crippen molar-refractivity contribution in [3.05, 3.63) is 35.9 Å². The maximum Gasteiger partial charge on any atom is 0.220 e. The van der Waals surface area contributed by atoms with Crippen LogP contribution in [0.5, 0.6) is 0 Å². The van der Waals surface area contributed by atoms with Gasteiger partial charge in [-0.3, -0.25) is 4.79 Å². The van der Waals surface area contributed by atoms with Crippen LogP contribution in [-0.2, 0) is 11.2 Å². The summed E-state index contributed by atoms with van der Waals surface area (Å²) in [5.41, 5.74) is 1.23. The molecule has 21 heavy (non-hydrogen) atoms. The minimum atomic E-state index is 0.169. The number of rotatable bonds is 11. The summed E-state index contributed by atoms with van der Waals surface area (Å²) in [6.45, 7) is 8.66. The van der Waals surface area contributed by atoms with Gasteiger partial charge in [0.15, 0.2) is 0 Å². The van der Waals surface area contributed by atoms with Gasteiger partial charge in [0.25, 0.3) is 0 Å². The molecule has 1 amide bonds. The van der Waals surface area contributed by atoms with Gasteiger partial charge in [-0.15, -0.1) is 0 Å². The van der Waals surface area contributed by atoms with E-state index < -0.39 is 0 Å². The van der Waals surface area contributed by atoms with Crippen LogP contribution in [0.2, 0.25) is 0 Å². The molecule has 118 valence electrons. The topological polar surface area (TPSA) is 32.3 Å². The van der Waals surface area contributed by atoms with Crippen LogP contribution in [0, 0.1) is 0 Å². The van der Waals surface area contributed by atoms with E-state index >= 15 is 0 Å². The van der Waals surface area contributed by atoms with Crippen LogP contribution in [0.1, 0.15) is 45.1 Å². The van der Waals surface area contributed by atoms with E-state index in [0.29, 0.717) is 6.42 Å². The predicted octanol–water partition coefficient (Wildman–Crippen LogP) is 3.25. The molecule has 3 nitrogen and oxygen atoms in total. The van der Waals surface area contributed by atoms with E-state index in [2.05, 4.69) is 36.2 Å². The molecule has 0 saturated carbocycles. The number of hydrogen-bond acceptors (Lipinski definition) is 2. The van der Waals surface area contributed by atoms with Crippen LogP contribution in [0.3, 0.4) is 0 Å². The van der Waals surface area contributed by atoms with Crippen molar-refractivity contribution in [3.8, 4) is 0 Å².